The number of halogens is 1. The van der Waals surface area contributed by atoms with Gasteiger partial charge in [-0.05, 0) is 60.7 Å². The second-order valence-electron chi connectivity index (χ2n) is 5.46. The van der Waals surface area contributed by atoms with E-state index in [1.54, 1.807) is 12.1 Å². The van der Waals surface area contributed by atoms with E-state index in [0.29, 0.717) is 10.1 Å². The smallest absolute Gasteiger partial charge is 0.272 e. The summed E-state index contributed by atoms with van der Waals surface area (Å²) >= 11 is 0. The normalized spacial score (nSPS) is 11.0. The monoisotopic (exact) mass is 386 g/mol. The van der Waals surface area contributed by atoms with Crippen LogP contribution < -0.4 is 9.04 Å². The zero-order chi connectivity index (χ0) is 19.4. The molecule has 1 aromatic heterocycles. The summed E-state index contributed by atoms with van der Waals surface area (Å²) in [4.78, 5) is 16.6. The summed E-state index contributed by atoms with van der Waals surface area (Å²) in [6.07, 6.45) is 2.79. The molecule has 6 nitrogen and oxygen atoms in total. The third-order valence-electron chi connectivity index (χ3n) is 3.77. The van der Waals surface area contributed by atoms with Crippen molar-refractivity contribution >= 4 is 21.6 Å². The molecular weight excluding hydrogens is 371 g/mol. The Hall–Kier alpha value is -3.26. The standard InChI is InChI=1S/C19H15FN2O4S/c1-26-17-6-4-16(5-7-17)22(19(23)14-10-12-21-13-11-14)27(24,25)18-8-2-15(20)3-9-18/h2-13H,1H3. The van der Waals surface area contributed by atoms with Gasteiger partial charge in [-0.25, -0.2) is 12.8 Å². The van der Waals surface area contributed by atoms with Gasteiger partial charge in [0.25, 0.3) is 15.9 Å². The molecule has 3 aromatic rings. The van der Waals surface area contributed by atoms with E-state index in [2.05, 4.69) is 4.98 Å². The number of carbonyl (C=O) groups is 1. The fourth-order valence-corrected chi connectivity index (χ4v) is 3.82. The van der Waals surface area contributed by atoms with Crippen molar-refractivity contribution in [2.45, 2.75) is 4.90 Å². The molecule has 138 valence electrons. The Morgan fingerprint density at radius 3 is 2.11 bits per heavy atom. The van der Waals surface area contributed by atoms with Crippen molar-refractivity contribution in [3.8, 4) is 5.75 Å². The number of anilines is 1. The number of benzene rings is 2. The van der Waals surface area contributed by atoms with Crippen LogP contribution in [-0.4, -0.2) is 26.4 Å². The van der Waals surface area contributed by atoms with Crippen LogP contribution in [0.25, 0.3) is 0 Å². The maximum Gasteiger partial charge on any atom is 0.272 e. The Bertz CT molecular complexity index is 1040. The number of pyridine rings is 1. The first kappa shape index (κ1) is 18.5. The number of rotatable bonds is 5. The molecule has 8 heteroatoms. The summed E-state index contributed by atoms with van der Waals surface area (Å²) < 4.78 is 45.3. The van der Waals surface area contributed by atoms with Gasteiger partial charge < -0.3 is 4.74 Å². The molecule has 0 spiro atoms. The quantitative estimate of drug-likeness (QED) is 0.673. The van der Waals surface area contributed by atoms with Crippen molar-refractivity contribution in [1.29, 1.82) is 0 Å². The van der Waals surface area contributed by atoms with Crippen LogP contribution in [0.5, 0.6) is 5.75 Å². The molecule has 0 N–H and O–H groups in total. The molecule has 0 aliphatic rings. The second-order valence-corrected chi connectivity index (χ2v) is 7.25. The number of amides is 1. The molecule has 0 saturated carbocycles. The maximum atomic E-state index is 13.2. The summed E-state index contributed by atoms with van der Waals surface area (Å²) in [6, 6.07) is 13.1. The number of hydrogen-bond donors (Lipinski definition) is 0. The Morgan fingerprint density at radius 1 is 0.963 bits per heavy atom. The van der Waals surface area contributed by atoms with Gasteiger partial charge in [-0.3, -0.25) is 9.78 Å². The van der Waals surface area contributed by atoms with E-state index >= 15 is 0 Å². The van der Waals surface area contributed by atoms with Gasteiger partial charge >= 0.3 is 0 Å². The van der Waals surface area contributed by atoms with Gasteiger partial charge in [-0.1, -0.05) is 0 Å². The lowest BCUT2D eigenvalue weighted by Crippen LogP contribution is -2.37. The van der Waals surface area contributed by atoms with Crippen molar-refractivity contribution in [2.24, 2.45) is 0 Å². The average Bonchev–Trinajstić information content (AvgIpc) is 2.69. The molecule has 0 aliphatic carbocycles. The first-order chi connectivity index (χ1) is 12.9. The van der Waals surface area contributed by atoms with Crippen LogP contribution in [0.3, 0.4) is 0 Å². The van der Waals surface area contributed by atoms with Gasteiger partial charge in [-0.2, -0.15) is 4.31 Å². The largest absolute Gasteiger partial charge is 0.497 e. The molecule has 0 radical (unpaired) electrons. The zero-order valence-electron chi connectivity index (χ0n) is 14.2. The van der Waals surface area contributed by atoms with Crippen LogP contribution in [0.15, 0.2) is 78.0 Å². The van der Waals surface area contributed by atoms with Crippen LogP contribution >= 0.6 is 0 Å². The van der Waals surface area contributed by atoms with E-state index in [-0.39, 0.29) is 16.1 Å². The van der Waals surface area contributed by atoms with Crippen molar-refractivity contribution in [3.63, 3.8) is 0 Å². The fraction of sp³-hybridized carbons (Fsp3) is 0.0526. The van der Waals surface area contributed by atoms with E-state index in [1.165, 1.54) is 43.8 Å². The molecule has 0 saturated heterocycles. The molecule has 0 fully saturated rings. The molecule has 0 aliphatic heterocycles. The van der Waals surface area contributed by atoms with Crippen LogP contribution in [0, 0.1) is 5.82 Å². The number of hydrogen-bond acceptors (Lipinski definition) is 5. The Balaban J connectivity index is 2.14. The number of carbonyl (C=O) groups excluding carboxylic acids is 1. The van der Waals surface area contributed by atoms with Crippen LogP contribution in [0.4, 0.5) is 10.1 Å². The average molecular weight is 386 g/mol. The molecule has 1 amide bonds. The number of aromatic nitrogens is 1. The third kappa shape index (κ3) is 3.80. The van der Waals surface area contributed by atoms with E-state index in [0.717, 1.165) is 24.3 Å². The minimum Gasteiger partial charge on any atom is -0.497 e. The van der Waals surface area contributed by atoms with Gasteiger partial charge in [0.05, 0.1) is 17.7 Å². The van der Waals surface area contributed by atoms with Gasteiger partial charge in [0.15, 0.2) is 0 Å². The van der Waals surface area contributed by atoms with Crippen molar-refractivity contribution in [1.82, 2.24) is 4.98 Å². The summed E-state index contributed by atoms with van der Waals surface area (Å²) in [5, 5.41) is 0. The zero-order valence-corrected chi connectivity index (χ0v) is 15.1. The summed E-state index contributed by atoms with van der Waals surface area (Å²) in [5.41, 5.74) is 0.272. The summed E-state index contributed by atoms with van der Waals surface area (Å²) in [6.45, 7) is 0. The first-order valence-electron chi connectivity index (χ1n) is 7.83. The Labute approximate surface area is 155 Å². The summed E-state index contributed by atoms with van der Waals surface area (Å²) in [5.74, 6) is -0.827. The molecular formula is C19H15FN2O4S. The first-order valence-corrected chi connectivity index (χ1v) is 9.27. The molecule has 0 unspecified atom stereocenters. The highest BCUT2D eigenvalue weighted by molar-refractivity contribution is 7.93. The Kier molecular flexibility index (Phi) is 5.18. The number of ether oxygens (including phenoxy) is 1. The summed E-state index contributed by atoms with van der Waals surface area (Å²) in [7, 11) is -2.81. The second kappa shape index (κ2) is 7.55. The molecule has 0 bridgehead atoms. The lowest BCUT2D eigenvalue weighted by molar-refractivity contribution is 0.100. The maximum absolute atomic E-state index is 13.2. The van der Waals surface area contributed by atoms with Crippen molar-refractivity contribution in [3.05, 3.63) is 84.4 Å². The van der Waals surface area contributed by atoms with E-state index in [1.807, 2.05) is 0 Å². The van der Waals surface area contributed by atoms with E-state index in [9.17, 15) is 17.6 Å². The molecule has 0 atom stereocenters. The SMILES string of the molecule is COc1ccc(N(C(=O)c2ccncc2)S(=O)(=O)c2ccc(F)cc2)cc1. The fourth-order valence-electron chi connectivity index (χ4n) is 2.41. The number of nitrogens with zero attached hydrogens (tertiary/aromatic N) is 2. The third-order valence-corrected chi connectivity index (χ3v) is 5.50. The highest BCUT2D eigenvalue weighted by atomic mass is 32.2. The molecule has 1 heterocycles. The highest BCUT2D eigenvalue weighted by Crippen LogP contribution is 2.27. The predicted molar refractivity (Wildman–Crippen MR) is 97.6 cm³/mol. The van der Waals surface area contributed by atoms with Crippen molar-refractivity contribution in [2.75, 3.05) is 11.4 Å². The molecule has 2 aromatic carbocycles. The molecule has 27 heavy (non-hydrogen) atoms. The number of methoxy groups -OCH3 is 1. The molecule has 3 rings (SSSR count). The topological polar surface area (TPSA) is 76.6 Å². The van der Waals surface area contributed by atoms with E-state index < -0.39 is 21.7 Å². The number of sulfonamides is 1. The van der Waals surface area contributed by atoms with Crippen LogP contribution in [0.1, 0.15) is 10.4 Å². The Morgan fingerprint density at radius 2 is 1.56 bits per heavy atom. The lowest BCUT2D eigenvalue weighted by Gasteiger charge is -2.23. The van der Waals surface area contributed by atoms with Gasteiger partial charge in [0.1, 0.15) is 11.6 Å². The van der Waals surface area contributed by atoms with Gasteiger partial charge in [0, 0.05) is 18.0 Å². The highest BCUT2D eigenvalue weighted by Gasteiger charge is 2.32. The predicted octanol–water partition coefficient (Wildman–Crippen LogP) is 3.27. The minimum atomic E-state index is -4.28. The van der Waals surface area contributed by atoms with Gasteiger partial charge in [-0.15, -0.1) is 0 Å². The lowest BCUT2D eigenvalue weighted by atomic mass is 10.2. The minimum absolute atomic E-state index is 0.127. The van der Waals surface area contributed by atoms with Crippen LogP contribution in [0.2, 0.25) is 0 Å². The van der Waals surface area contributed by atoms with Gasteiger partial charge in [0.2, 0.25) is 0 Å². The van der Waals surface area contributed by atoms with Crippen LogP contribution in [-0.2, 0) is 10.0 Å². The van der Waals surface area contributed by atoms with E-state index in [4.69, 9.17) is 4.74 Å². The van der Waals surface area contributed by atoms with Crippen molar-refractivity contribution < 1.29 is 22.3 Å².